The largest absolute Gasteiger partial charge is 0.377 e. The third-order valence-electron chi connectivity index (χ3n) is 1.61. The van der Waals surface area contributed by atoms with Gasteiger partial charge in [0.05, 0.1) is 26.4 Å². The molecular formula is C13H31N3O4. The van der Waals surface area contributed by atoms with Crippen LogP contribution in [0, 0.1) is 0 Å². The summed E-state index contributed by atoms with van der Waals surface area (Å²) in [4.78, 5) is 20.6. The van der Waals surface area contributed by atoms with E-state index in [9.17, 15) is 9.59 Å². The van der Waals surface area contributed by atoms with Crippen LogP contribution in [-0.2, 0) is 14.3 Å². The summed E-state index contributed by atoms with van der Waals surface area (Å²) >= 11 is 0. The lowest BCUT2D eigenvalue weighted by Gasteiger charge is -2.06. The highest BCUT2D eigenvalue weighted by molar-refractivity contribution is 5.73. The molecule has 0 fully saturated rings. The molecule has 0 bridgehead atoms. The first-order valence-electron chi connectivity index (χ1n) is 7.09. The van der Waals surface area contributed by atoms with Crippen LogP contribution in [0.1, 0.15) is 27.7 Å². The number of amides is 3. The Hall–Kier alpha value is -1.34. The summed E-state index contributed by atoms with van der Waals surface area (Å²) in [5, 5.41) is 7.49. The van der Waals surface area contributed by atoms with Gasteiger partial charge in [0, 0.05) is 20.1 Å². The van der Waals surface area contributed by atoms with Crippen molar-refractivity contribution in [3.63, 3.8) is 0 Å². The third kappa shape index (κ3) is 25.5. The van der Waals surface area contributed by atoms with Crippen LogP contribution in [0.4, 0.5) is 4.79 Å². The van der Waals surface area contributed by atoms with Crippen molar-refractivity contribution in [1.82, 2.24) is 16.0 Å². The maximum absolute atomic E-state index is 10.7. The fraction of sp³-hybridized carbons (Fsp3) is 0.846. The molecule has 7 heteroatoms. The fourth-order valence-corrected chi connectivity index (χ4v) is 0.837. The van der Waals surface area contributed by atoms with Crippen molar-refractivity contribution in [1.29, 1.82) is 0 Å². The molecule has 0 atom stereocenters. The fourth-order valence-electron chi connectivity index (χ4n) is 0.837. The minimum Gasteiger partial charge on any atom is -0.377 e. The van der Waals surface area contributed by atoms with Gasteiger partial charge in [0.15, 0.2) is 0 Å². The lowest BCUT2D eigenvalue weighted by atomic mass is 10.6. The molecule has 0 radical (unpaired) electrons. The van der Waals surface area contributed by atoms with Crippen LogP contribution in [0.25, 0.3) is 0 Å². The highest BCUT2D eigenvalue weighted by Gasteiger charge is 1.94. The van der Waals surface area contributed by atoms with Crippen molar-refractivity contribution in [2.45, 2.75) is 27.7 Å². The molecule has 3 N–H and O–H groups in total. The van der Waals surface area contributed by atoms with Crippen molar-refractivity contribution in [3.05, 3.63) is 0 Å². The number of carbonyl (C=O) groups is 2. The molecule has 20 heavy (non-hydrogen) atoms. The summed E-state index contributed by atoms with van der Waals surface area (Å²) in [6.07, 6.45) is 0.629. The summed E-state index contributed by atoms with van der Waals surface area (Å²) in [5.74, 6) is 0. The molecule has 0 aromatic carbocycles. The first-order chi connectivity index (χ1) is 9.81. The molecule has 0 spiro atoms. The Labute approximate surface area is 122 Å². The molecule has 0 aliphatic carbocycles. The summed E-state index contributed by atoms with van der Waals surface area (Å²) in [7, 11) is 1.55. The van der Waals surface area contributed by atoms with Gasteiger partial charge in [-0.15, -0.1) is 0 Å². The number of hydrogen-bond acceptors (Lipinski definition) is 4. The van der Waals surface area contributed by atoms with E-state index >= 15 is 0 Å². The van der Waals surface area contributed by atoms with Crippen LogP contribution in [0.2, 0.25) is 0 Å². The van der Waals surface area contributed by atoms with Crippen molar-refractivity contribution >= 4 is 12.4 Å². The SMILES string of the molecule is CC.CC.CNC(=O)NCCOCCOCCNC=O. The molecule has 0 rings (SSSR count). The van der Waals surface area contributed by atoms with Crippen LogP contribution in [0.15, 0.2) is 0 Å². The second-order valence-corrected chi connectivity index (χ2v) is 2.80. The molecule has 0 saturated carbocycles. The lowest BCUT2D eigenvalue weighted by molar-refractivity contribution is -0.109. The average Bonchev–Trinajstić information content (AvgIpc) is 2.52. The molecule has 0 aromatic rings. The van der Waals surface area contributed by atoms with Gasteiger partial charge < -0.3 is 25.4 Å². The van der Waals surface area contributed by atoms with Crippen LogP contribution in [-0.4, -0.2) is 59.0 Å². The van der Waals surface area contributed by atoms with E-state index in [-0.39, 0.29) is 6.03 Å². The summed E-state index contributed by atoms with van der Waals surface area (Å²) in [6, 6.07) is -0.222. The Morgan fingerprint density at radius 3 is 1.90 bits per heavy atom. The maximum atomic E-state index is 10.7. The second-order valence-electron chi connectivity index (χ2n) is 2.80. The van der Waals surface area contributed by atoms with E-state index in [4.69, 9.17) is 9.47 Å². The van der Waals surface area contributed by atoms with Gasteiger partial charge in [-0.25, -0.2) is 4.79 Å². The predicted molar refractivity (Wildman–Crippen MR) is 80.9 cm³/mol. The van der Waals surface area contributed by atoms with Crippen molar-refractivity contribution < 1.29 is 19.1 Å². The van der Waals surface area contributed by atoms with E-state index < -0.39 is 0 Å². The number of ether oxygens (including phenoxy) is 2. The number of rotatable bonds is 10. The van der Waals surface area contributed by atoms with E-state index in [1.165, 1.54) is 0 Å². The number of carbonyl (C=O) groups excluding carboxylic acids is 2. The molecule has 122 valence electrons. The van der Waals surface area contributed by atoms with E-state index in [2.05, 4.69) is 16.0 Å². The zero-order valence-corrected chi connectivity index (χ0v) is 13.5. The normalized spacial score (nSPS) is 8.25. The van der Waals surface area contributed by atoms with E-state index in [0.29, 0.717) is 45.9 Å². The first kappa shape index (κ1) is 23.7. The van der Waals surface area contributed by atoms with Crippen LogP contribution in [0.3, 0.4) is 0 Å². The van der Waals surface area contributed by atoms with Gasteiger partial charge in [0.25, 0.3) is 0 Å². The van der Waals surface area contributed by atoms with Gasteiger partial charge in [-0.1, -0.05) is 27.7 Å². The van der Waals surface area contributed by atoms with Gasteiger partial charge in [0.1, 0.15) is 0 Å². The van der Waals surface area contributed by atoms with Gasteiger partial charge >= 0.3 is 6.03 Å². The zero-order chi connectivity index (χ0) is 16.1. The summed E-state index contributed by atoms with van der Waals surface area (Å²) in [6.45, 7) is 10.8. The minimum absolute atomic E-state index is 0.222. The van der Waals surface area contributed by atoms with Crippen molar-refractivity contribution in [3.8, 4) is 0 Å². The van der Waals surface area contributed by atoms with Crippen molar-refractivity contribution in [2.24, 2.45) is 0 Å². The Morgan fingerprint density at radius 1 is 0.950 bits per heavy atom. The van der Waals surface area contributed by atoms with Gasteiger partial charge in [0.2, 0.25) is 6.41 Å². The Kier molecular flexibility index (Phi) is 31.2. The quantitative estimate of drug-likeness (QED) is 0.409. The standard InChI is InChI=1S/C9H19N3O4.2C2H6/c1-10-9(14)12-3-5-16-7-6-15-4-2-11-8-13;2*1-2/h8H,2-7H2,1H3,(H,11,13)(H2,10,12,14);2*1-2H3. The predicted octanol–water partition coefficient (Wildman–Crippen LogP) is 0.747. The molecular weight excluding hydrogens is 262 g/mol. The smallest absolute Gasteiger partial charge is 0.314 e. The Balaban J connectivity index is -0.000000656. The number of urea groups is 1. The van der Waals surface area contributed by atoms with Gasteiger partial charge in [-0.05, 0) is 0 Å². The van der Waals surface area contributed by atoms with Crippen LogP contribution in [0.5, 0.6) is 0 Å². The number of nitrogens with one attached hydrogen (secondary N) is 3. The summed E-state index contributed by atoms with van der Waals surface area (Å²) < 4.78 is 10.3. The molecule has 3 amide bonds. The highest BCUT2D eigenvalue weighted by Crippen LogP contribution is 1.77. The zero-order valence-electron chi connectivity index (χ0n) is 13.5. The molecule has 7 nitrogen and oxygen atoms in total. The average molecular weight is 293 g/mol. The Bertz CT molecular complexity index is 192. The topological polar surface area (TPSA) is 88.7 Å². The molecule has 0 unspecified atom stereocenters. The highest BCUT2D eigenvalue weighted by atomic mass is 16.5. The Morgan fingerprint density at radius 2 is 1.45 bits per heavy atom. The molecule has 0 aromatic heterocycles. The third-order valence-corrected chi connectivity index (χ3v) is 1.61. The lowest BCUT2D eigenvalue weighted by Crippen LogP contribution is -2.35. The monoisotopic (exact) mass is 293 g/mol. The van der Waals surface area contributed by atoms with Crippen molar-refractivity contribution in [2.75, 3.05) is 46.6 Å². The first-order valence-corrected chi connectivity index (χ1v) is 7.09. The second kappa shape index (κ2) is 26.3. The molecule has 0 saturated heterocycles. The molecule has 0 aliphatic rings. The number of hydrogen-bond donors (Lipinski definition) is 3. The molecule has 0 aliphatic heterocycles. The van der Waals surface area contributed by atoms with E-state index in [1.807, 2.05) is 27.7 Å². The van der Waals surface area contributed by atoms with Gasteiger partial charge in [-0.3, -0.25) is 4.79 Å². The maximum Gasteiger partial charge on any atom is 0.314 e. The van der Waals surface area contributed by atoms with Crippen LogP contribution < -0.4 is 16.0 Å². The van der Waals surface area contributed by atoms with E-state index in [0.717, 1.165) is 0 Å². The molecule has 0 heterocycles. The van der Waals surface area contributed by atoms with E-state index in [1.54, 1.807) is 7.05 Å². The van der Waals surface area contributed by atoms with Crippen LogP contribution >= 0.6 is 0 Å². The minimum atomic E-state index is -0.222. The van der Waals surface area contributed by atoms with Gasteiger partial charge in [-0.2, -0.15) is 0 Å². The summed E-state index contributed by atoms with van der Waals surface area (Å²) in [5.41, 5.74) is 0.